The number of para-hydroxylation sites is 2. The van der Waals surface area contributed by atoms with Crippen LogP contribution in [-0.4, -0.2) is 13.0 Å². The van der Waals surface area contributed by atoms with Gasteiger partial charge in [0.25, 0.3) is 5.91 Å². The Morgan fingerprint density at radius 1 is 0.923 bits per heavy atom. The van der Waals surface area contributed by atoms with E-state index in [0.717, 1.165) is 33.9 Å². The molecule has 0 radical (unpaired) electrons. The molecule has 1 aliphatic rings. The van der Waals surface area contributed by atoms with E-state index in [9.17, 15) is 4.79 Å². The molecule has 1 atom stereocenters. The van der Waals surface area contributed by atoms with Crippen LogP contribution in [0.1, 0.15) is 17.2 Å². The van der Waals surface area contributed by atoms with E-state index in [1.807, 2.05) is 79.7 Å². The predicted octanol–water partition coefficient (Wildman–Crippen LogP) is 4.84. The first-order valence-corrected chi connectivity index (χ1v) is 8.57. The fraction of sp³-hybridized carbons (Fsp3) is 0.136. The van der Waals surface area contributed by atoms with Crippen molar-refractivity contribution in [3.8, 4) is 5.75 Å². The van der Waals surface area contributed by atoms with Crippen LogP contribution in [-0.2, 0) is 4.79 Å². The van der Waals surface area contributed by atoms with Gasteiger partial charge in [0.05, 0.1) is 18.5 Å². The lowest BCUT2D eigenvalue weighted by Crippen LogP contribution is -2.39. The summed E-state index contributed by atoms with van der Waals surface area (Å²) >= 11 is 0. The van der Waals surface area contributed by atoms with Gasteiger partial charge in [-0.25, -0.2) is 0 Å². The highest BCUT2D eigenvalue weighted by atomic mass is 16.5. The van der Waals surface area contributed by atoms with Crippen LogP contribution < -0.4 is 15.0 Å². The fourth-order valence-corrected chi connectivity index (χ4v) is 3.24. The summed E-state index contributed by atoms with van der Waals surface area (Å²) in [5.74, 6) is 0.769. The second-order valence-electron chi connectivity index (χ2n) is 6.38. The Morgan fingerprint density at radius 3 is 2.31 bits per heavy atom. The van der Waals surface area contributed by atoms with Gasteiger partial charge in [0.1, 0.15) is 11.8 Å². The van der Waals surface area contributed by atoms with E-state index in [1.54, 1.807) is 12.0 Å². The van der Waals surface area contributed by atoms with E-state index >= 15 is 0 Å². The molecule has 1 N–H and O–H groups in total. The standard InChI is InChI=1S/C22H20N2O2/c1-15-7-11-17(12-8-15)24-20-6-4-3-5-19(20)23-21(22(24)25)16-9-13-18(26-2)14-10-16/h3-14,21,23H,1-2H3. The summed E-state index contributed by atoms with van der Waals surface area (Å²) in [6, 6.07) is 23.1. The van der Waals surface area contributed by atoms with Crippen molar-refractivity contribution in [2.45, 2.75) is 13.0 Å². The number of methoxy groups -OCH3 is 1. The van der Waals surface area contributed by atoms with Crippen LogP contribution in [0.15, 0.2) is 72.8 Å². The number of benzene rings is 3. The Morgan fingerprint density at radius 2 is 1.62 bits per heavy atom. The number of rotatable bonds is 3. The van der Waals surface area contributed by atoms with E-state index in [1.165, 1.54) is 0 Å². The van der Waals surface area contributed by atoms with Crippen LogP contribution in [0.3, 0.4) is 0 Å². The van der Waals surface area contributed by atoms with Crippen molar-refractivity contribution in [3.63, 3.8) is 0 Å². The lowest BCUT2D eigenvalue weighted by atomic mass is 10.0. The summed E-state index contributed by atoms with van der Waals surface area (Å²) < 4.78 is 5.23. The van der Waals surface area contributed by atoms with Gasteiger partial charge in [-0.15, -0.1) is 0 Å². The summed E-state index contributed by atoms with van der Waals surface area (Å²) in [5.41, 5.74) is 4.74. The largest absolute Gasteiger partial charge is 0.497 e. The number of fused-ring (bicyclic) bond motifs is 1. The zero-order chi connectivity index (χ0) is 18.1. The maximum Gasteiger partial charge on any atom is 0.258 e. The number of carbonyl (C=O) groups excluding carboxylic acids is 1. The third kappa shape index (κ3) is 2.80. The van der Waals surface area contributed by atoms with Crippen LogP contribution in [0.25, 0.3) is 0 Å². The molecule has 4 heteroatoms. The topological polar surface area (TPSA) is 41.6 Å². The third-order valence-corrected chi connectivity index (χ3v) is 4.65. The Kier molecular flexibility index (Phi) is 4.09. The van der Waals surface area contributed by atoms with Crippen LogP contribution in [0.5, 0.6) is 5.75 Å². The molecule has 1 unspecified atom stereocenters. The molecule has 0 saturated heterocycles. The first-order chi connectivity index (χ1) is 12.7. The van der Waals surface area contributed by atoms with Crippen LogP contribution >= 0.6 is 0 Å². The first kappa shape index (κ1) is 16.2. The Labute approximate surface area is 153 Å². The number of amides is 1. The highest BCUT2D eigenvalue weighted by molar-refractivity contribution is 6.10. The van der Waals surface area contributed by atoms with Gasteiger partial charge in [-0.1, -0.05) is 42.0 Å². The molecule has 4 rings (SSSR count). The quantitative estimate of drug-likeness (QED) is 0.739. The molecule has 130 valence electrons. The summed E-state index contributed by atoms with van der Waals surface area (Å²) in [5, 5.41) is 3.38. The molecule has 1 heterocycles. The Hall–Kier alpha value is -3.27. The molecular formula is C22H20N2O2. The van der Waals surface area contributed by atoms with Gasteiger partial charge < -0.3 is 10.1 Å². The van der Waals surface area contributed by atoms with Crippen LogP contribution in [0.4, 0.5) is 17.1 Å². The van der Waals surface area contributed by atoms with Gasteiger partial charge in [0, 0.05) is 5.69 Å². The number of anilines is 3. The fourth-order valence-electron chi connectivity index (χ4n) is 3.24. The summed E-state index contributed by atoms with van der Waals surface area (Å²) in [6.45, 7) is 2.04. The minimum atomic E-state index is -0.447. The minimum Gasteiger partial charge on any atom is -0.497 e. The minimum absolute atomic E-state index is 0.00211. The first-order valence-electron chi connectivity index (χ1n) is 8.57. The number of ether oxygens (including phenoxy) is 1. The lowest BCUT2D eigenvalue weighted by Gasteiger charge is -2.35. The van der Waals surface area contributed by atoms with Gasteiger partial charge in [-0.3, -0.25) is 9.69 Å². The molecule has 4 nitrogen and oxygen atoms in total. The van der Waals surface area contributed by atoms with E-state index in [2.05, 4.69) is 5.32 Å². The second-order valence-corrected chi connectivity index (χ2v) is 6.38. The van der Waals surface area contributed by atoms with Gasteiger partial charge in [0.15, 0.2) is 0 Å². The predicted molar refractivity (Wildman–Crippen MR) is 104 cm³/mol. The molecule has 26 heavy (non-hydrogen) atoms. The van der Waals surface area contributed by atoms with E-state index in [4.69, 9.17) is 4.74 Å². The lowest BCUT2D eigenvalue weighted by molar-refractivity contribution is -0.118. The molecular weight excluding hydrogens is 324 g/mol. The normalized spacial score (nSPS) is 16.0. The van der Waals surface area contributed by atoms with Crippen molar-refractivity contribution in [2.24, 2.45) is 0 Å². The Balaban J connectivity index is 1.79. The highest BCUT2D eigenvalue weighted by Gasteiger charge is 2.34. The van der Waals surface area contributed by atoms with Crippen molar-refractivity contribution in [1.82, 2.24) is 0 Å². The molecule has 0 aromatic heterocycles. The number of nitrogens with zero attached hydrogens (tertiary/aromatic N) is 1. The SMILES string of the molecule is COc1ccc(C2Nc3ccccc3N(c3ccc(C)cc3)C2=O)cc1. The summed E-state index contributed by atoms with van der Waals surface area (Å²) in [6.07, 6.45) is 0. The molecule has 1 aliphatic heterocycles. The van der Waals surface area contributed by atoms with Gasteiger partial charge >= 0.3 is 0 Å². The maximum atomic E-state index is 13.4. The van der Waals surface area contributed by atoms with Crippen molar-refractivity contribution < 1.29 is 9.53 Å². The number of hydrogen-bond acceptors (Lipinski definition) is 3. The van der Waals surface area contributed by atoms with Crippen molar-refractivity contribution in [2.75, 3.05) is 17.3 Å². The number of nitrogens with one attached hydrogen (secondary N) is 1. The second kappa shape index (κ2) is 6.56. The maximum absolute atomic E-state index is 13.4. The molecule has 0 saturated carbocycles. The van der Waals surface area contributed by atoms with Crippen molar-refractivity contribution in [3.05, 3.63) is 83.9 Å². The number of hydrogen-bond donors (Lipinski definition) is 1. The zero-order valence-electron chi connectivity index (χ0n) is 14.8. The molecule has 1 amide bonds. The average Bonchev–Trinajstić information content (AvgIpc) is 2.69. The monoisotopic (exact) mass is 344 g/mol. The van der Waals surface area contributed by atoms with Crippen LogP contribution in [0, 0.1) is 6.92 Å². The highest BCUT2D eigenvalue weighted by Crippen LogP contribution is 2.40. The van der Waals surface area contributed by atoms with Gasteiger partial charge in [-0.05, 0) is 48.9 Å². The zero-order valence-corrected chi connectivity index (χ0v) is 14.8. The number of aryl methyl sites for hydroxylation is 1. The van der Waals surface area contributed by atoms with E-state index < -0.39 is 6.04 Å². The summed E-state index contributed by atoms with van der Waals surface area (Å²) in [7, 11) is 1.63. The van der Waals surface area contributed by atoms with Gasteiger partial charge in [-0.2, -0.15) is 0 Å². The average molecular weight is 344 g/mol. The molecule has 0 aliphatic carbocycles. The third-order valence-electron chi connectivity index (χ3n) is 4.65. The van der Waals surface area contributed by atoms with Gasteiger partial charge in [0.2, 0.25) is 0 Å². The Bertz CT molecular complexity index is 933. The molecule has 0 bridgehead atoms. The van der Waals surface area contributed by atoms with E-state index in [-0.39, 0.29) is 5.91 Å². The molecule has 0 fully saturated rings. The summed E-state index contributed by atoms with van der Waals surface area (Å²) in [4.78, 5) is 15.2. The molecule has 0 spiro atoms. The van der Waals surface area contributed by atoms with E-state index in [0.29, 0.717) is 0 Å². The van der Waals surface area contributed by atoms with Crippen molar-refractivity contribution in [1.29, 1.82) is 0 Å². The number of carbonyl (C=O) groups is 1. The smallest absolute Gasteiger partial charge is 0.258 e. The van der Waals surface area contributed by atoms with Crippen LogP contribution in [0.2, 0.25) is 0 Å². The molecule has 3 aromatic carbocycles. The molecule has 3 aromatic rings. The van der Waals surface area contributed by atoms with Crippen molar-refractivity contribution >= 4 is 23.0 Å².